The maximum Gasteiger partial charge on any atom is 0.224 e. The number of rotatable bonds is 4. The van der Waals surface area contributed by atoms with Gasteiger partial charge in [0.1, 0.15) is 0 Å². The molecule has 0 aliphatic carbocycles. The van der Waals surface area contributed by atoms with Crippen LogP contribution in [0.3, 0.4) is 0 Å². The summed E-state index contributed by atoms with van der Waals surface area (Å²) in [5.74, 6) is 0.144. The van der Waals surface area contributed by atoms with E-state index in [0.717, 1.165) is 5.69 Å². The molecular weight excluding hydrogens is 315 g/mol. The molecule has 0 aliphatic heterocycles. The number of carbonyl (C=O) groups is 1. The van der Waals surface area contributed by atoms with Crippen molar-refractivity contribution in [2.45, 2.75) is 19.4 Å². The summed E-state index contributed by atoms with van der Waals surface area (Å²) >= 11 is 2.27. The van der Waals surface area contributed by atoms with Crippen LogP contribution < -0.4 is 5.32 Å². The Morgan fingerprint density at radius 3 is 2.75 bits per heavy atom. The summed E-state index contributed by atoms with van der Waals surface area (Å²) in [7, 11) is 3.56. The van der Waals surface area contributed by atoms with Crippen molar-refractivity contribution in [3.8, 4) is 0 Å². The van der Waals surface area contributed by atoms with Crippen LogP contribution in [0.1, 0.15) is 13.3 Å². The van der Waals surface area contributed by atoms with Crippen LogP contribution in [0.5, 0.6) is 0 Å². The Hall–Kier alpha value is -0.780. The maximum atomic E-state index is 11.5. The van der Waals surface area contributed by atoms with E-state index in [1.807, 2.05) is 25.1 Å². The van der Waals surface area contributed by atoms with Gasteiger partial charge in [-0.3, -0.25) is 4.79 Å². The smallest absolute Gasteiger partial charge is 0.224 e. The van der Waals surface area contributed by atoms with Crippen LogP contribution in [0.15, 0.2) is 24.3 Å². The molecular formula is C12H17IN2O. The number of hydrogen-bond donors (Lipinski definition) is 1. The molecule has 0 saturated carbocycles. The molecule has 16 heavy (non-hydrogen) atoms. The van der Waals surface area contributed by atoms with Crippen molar-refractivity contribution in [3.05, 3.63) is 27.8 Å². The molecule has 1 amide bonds. The highest BCUT2D eigenvalue weighted by Crippen LogP contribution is 2.14. The van der Waals surface area contributed by atoms with Gasteiger partial charge in [0.15, 0.2) is 0 Å². The van der Waals surface area contributed by atoms with Gasteiger partial charge in [-0.15, -0.1) is 0 Å². The third-order valence-corrected chi connectivity index (χ3v) is 2.89. The lowest BCUT2D eigenvalue weighted by Crippen LogP contribution is -2.28. The maximum absolute atomic E-state index is 11.5. The van der Waals surface area contributed by atoms with Gasteiger partial charge in [0, 0.05) is 35.8 Å². The first-order valence-electron chi connectivity index (χ1n) is 5.21. The monoisotopic (exact) mass is 332 g/mol. The Morgan fingerprint density at radius 1 is 1.50 bits per heavy atom. The highest BCUT2D eigenvalue weighted by atomic mass is 127. The number of benzene rings is 1. The fourth-order valence-corrected chi connectivity index (χ4v) is 1.90. The van der Waals surface area contributed by atoms with Crippen LogP contribution in [0, 0.1) is 3.57 Å². The summed E-state index contributed by atoms with van der Waals surface area (Å²) in [6.07, 6.45) is 0.512. The number of carbonyl (C=O) groups excluding carboxylic acids is 1. The van der Waals surface area contributed by atoms with Crippen molar-refractivity contribution in [1.29, 1.82) is 0 Å². The van der Waals surface area contributed by atoms with Crippen LogP contribution in [-0.2, 0) is 4.79 Å². The Bertz CT molecular complexity index is 366. The zero-order valence-electron chi connectivity index (χ0n) is 9.83. The van der Waals surface area contributed by atoms with Crippen molar-refractivity contribution in [2.24, 2.45) is 0 Å². The van der Waals surface area contributed by atoms with E-state index in [0.29, 0.717) is 6.42 Å². The molecule has 0 aromatic heterocycles. The van der Waals surface area contributed by atoms with Gasteiger partial charge in [-0.2, -0.15) is 0 Å². The van der Waals surface area contributed by atoms with Crippen molar-refractivity contribution in [2.75, 3.05) is 19.4 Å². The normalized spacial score (nSPS) is 12.0. The predicted molar refractivity (Wildman–Crippen MR) is 75.6 cm³/mol. The highest BCUT2D eigenvalue weighted by molar-refractivity contribution is 14.1. The lowest BCUT2D eigenvalue weighted by Gasteiger charge is -2.17. The predicted octanol–water partition coefficient (Wildman–Crippen LogP) is 2.57. The second-order valence-electron chi connectivity index (χ2n) is 4.05. The molecule has 1 atom stereocenters. The minimum Gasteiger partial charge on any atom is -0.382 e. The van der Waals surface area contributed by atoms with E-state index in [1.165, 1.54) is 3.57 Å². The van der Waals surface area contributed by atoms with Crippen LogP contribution >= 0.6 is 22.6 Å². The standard InChI is InChI=1S/C12H17IN2O/c1-9(7-12(16)15(2)3)14-11-6-4-5-10(13)8-11/h4-6,8-9,14H,7H2,1-3H3. The lowest BCUT2D eigenvalue weighted by atomic mass is 10.2. The molecule has 0 spiro atoms. The van der Waals surface area contributed by atoms with E-state index in [-0.39, 0.29) is 11.9 Å². The van der Waals surface area contributed by atoms with Gasteiger partial charge in [-0.25, -0.2) is 0 Å². The average molecular weight is 332 g/mol. The quantitative estimate of drug-likeness (QED) is 0.860. The summed E-state index contributed by atoms with van der Waals surface area (Å²) < 4.78 is 1.19. The second kappa shape index (κ2) is 6.08. The molecule has 0 fully saturated rings. The number of amides is 1. The molecule has 1 rings (SSSR count). The SMILES string of the molecule is CC(CC(=O)N(C)C)Nc1cccc(I)c1. The van der Waals surface area contributed by atoms with E-state index < -0.39 is 0 Å². The molecule has 1 unspecified atom stereocenters. The van der Waals surface area contributed by atoms with Gasteiger partial charge in [0.2, 0.25) is 5.91 Å². The Morgan fingerprint density at radius 2 is 2.19 bits per heavy atom. The van der Waals surface area contributed by atoms with E-state index in [9.17, 15) is 4.79 Å². The Labute approximate surface area is 110 Å². The van der Waals surface area contributed by atoms with Crippen LogP contribution in [0.2, 0.25) is 0 Å². The first kappa shape index (κ1) is 13.3. The molecule has 0 radical (unpaired) electrons. The molecule has 0 heterocycles. The third kappa shape index (κ3) is 4.38. The summed E-state index contributed by atoms with van der Waals surface area (Å²) in [6.45, 7) is 2.02. The molecule has 1 N–H and O–H groups in total. The summed E-state index contributed by atoms with van der Waals surface area (Å²) in [5, 5.41) is 3.32. The summed E-state index contributed by atoms with van der Waals surface area (Å²) in [4.78, 5) is 13.1. The molecule has 1 aromatic rings. The summed E-state index contributed by atoms with van der Waals surface area (Å²) in [6, 6.07) is 8.27. The Kier molecular flexibility index (Phi) is 5.05. The number of hydrogen-bond acceptors (Lipinski definition) is 2. The fourth-order valence-electron chi connectivity index (χ4n) is 1.36. The van der Waals surface area contributed by atoms with Crippen molar-refractivity contribution >= 4 is 34.2 Å². The molecule has 4 heteroatoms. The van der Waals surface area contributed by atoms with Gasteiger partial charge < -0.3 is 10.2 Å². The summed E-state index contributed by atoms with van der Waals surface area (Å²) in [5.41, 5.74) is 1.06. The Balaban J connectivity index is 2.51. The van der Waals surface area contributed by atoms with E-state index in [4.69, 9.17) is 0 Å². The minimum atomic E-state index is 0.144. The lowest BCUT2D eigenvalue weighted by molar-refractivity contribution is -0.128. The number of halogens is 1. The third-order valence-electron chi connectivity index (χ3n) is 2.22. The average Bonchev–Trinajstić information content (AvgIpc) is 2.16. The number of anilines is 1. The minimum absolute atomic E-state index is 0.144. The molecule has 0 bridgehead atoms. The molecule has 0 saturated heterocycles. The zero-order chi connectivity index (χ0) is 12.1. The highest BCUT2D eigenvalue weighted by Gasteiger charge is 2.10. The molecule has 3 nitrogen and oxygen atoms in total. The van der Waals surface area contributed by atoms with Crippen molar-refractivity contribution in [1.82, 2.24) is 4.90 Å². The van der Waals surface area contributed by atoms with E-state index in [1.54, 1.807) is 19.0 Å². The van der Waals surface area contributed by atoms with Gasteiger partial charge >= 0.3 is 0 Å². The molecule has 0 aliphatic rings. The van der Waals surface area contributed by atoms with Crippen molar-refractivity contribution in [3.63, 3.8) is 0 Å². The van der Waals surface area contributed by atoms with Crippen molar-refractivity contribution < 1.29 is 4.79 Å². The first-order chi connectivity index (χ1) is 7.49. The largest absolute Gasteiger partial charge is 0.382 e. The van der Waals surface area contributed by atoms with Gasteiger partial charge in [0.05, 0.1) is 0 Å². The molecule has 88 valence electrons. The topological polar surface area (TPSA) is 32.3 Å². The number of nitrogens with one attached hydrogen (secondary N) is 1. The van der Waals surface area contributed by atoms with Crippen LogP contribution in [0.25, 0.3) is 0 Å². The van der Waals surface area contributed by atoms with Crippen LogP contribution in [0.4, 0.5) is 5.69 Å². The molecule has 1 aromatic carbocycles. The van der Waals surface area contributed by atoms with Gasteiger partial charge in [-0.05, 0) is 47.7 Å². The van der Waals surface area contributed by atoms with Crippen LogP contribution in [-0.4, -0.2) is 30.9 Å². The van der Waals surface area contributed by atoms with E-state index >= 15 is 0 Å². The van der Waals surface area contributed by atoms with Gasteiger partial charge in [-0.1, -0.05) is 6.07 Å². The second-order valence-corrected chi connectivity index (χ2v) is 5.29. The fraction of sp³-hybridized carbons (Fsp3) is 0.417. The van der Waals surface area contributed by atoms with E-state index in [2.05, 4.69) is 34.0 Å². The van der Waals surface area contributed by atoms with Gasteiger partial charge in [0.25, 0.3) is 0 Å². The number of nitrogens with zero attached hydrogens (tertiary/aromatic N) is 1. The first-order valence-corrected chi connectivity index (χ1v) is 6.29. The zero-order valence-corrected chi connectivity index (χ0v) is 12.0.